The van der Waals surface area contributed by atoms with E-state index in [0.717, 1.165) is 11.3 Å². The third-order valence-corrected chi connectivity index (χ3v) is 6.13. The smallest absolute Gasteiger partial charge is 0.244 e. The van der Waals surface area contributed by atoms with Crippen molar-refractivity contribution in [2.45, 2.75) is 17.2 Å². The van der Waals surface area contributed by atoms with Gasteiger partial charge < -0.3 is 0 Å². The second-order valence-electron chi connectivity index (χ2n) is 4.02. The number of rotatable bonds is 2. The zero-order valence-electron chi connectivity index (χ0n) is 9.48. The van der Waals surface area contributed by atoms with Crippen LogP contribution in [-0.4, -0.2) is 29.2 Å². The Kier molecular flexibility index (Phi) is 2.89. The van der Waals surface area contributed by atoms with Crippen molar-refractivity contribution in [1.82, 2.24) is 14.3 Å². The van der Waals surface area contributed by atoms with Crippen LogP contribution in [0.25, 0.3) is 0 Å². The predicted octanol–water partition coefficient (Wildman–Crippen LogP) is 1.29. The van der Waals surface area contributed by atoms with Crippen molar-refractivity contribution in [2.75, 3.05) is 6.54 Å². The number of hydrogen-bond acceptors (Lipinski definition) is 5. The lowest BCUT2D eigenvalue weighted by molar-refractivity contribution is 0.388. The van der Waals surface area contributed by atoms with E-state index in [2.05, 4.69) is 9.97 Å². The van der Waals surface area contributed by atoms with Gasteiger partial charge in [0, 0.05) is 37.0 Å². The molecule has 0 spiro atoms. The first-order chi connectivity index (χ1) is 8.68. The molecular formula is C11H11N3O2S2. The van der Waals surface area contributed by atoms with Crippen molar-refractivity contribution in [3.05, 3.63) is 41.3 Å². The molecule has 0 saturated heterocycles. The van der Waals surface area contributed by atoms with Gasteiger partial charge in [-0.3, -0.25) is 0 Å². The van der Waals surface area contributed by atoms with Gasteiger partial charge in [-0.2, -0.15) is 4.31 Å². The standard InChI is InChI=1S/C11H11N3O2S2/c15-18(16,11-2-1-5-17-11)14-4-3-10-9(7-14)6-12-8-13-10/h1-2,5-6,8H,3-4,7H2. The van der Waals surface area contributed by atoms with Crippen LogP contribution in [0.3, 0.4) is 0 Å². The van der Waals surface area contributed by atoms with E-state index in [9.17, 15) is 8.42 Å². The Hall–Kier alpha value is -1.31. The second kappa shape index (κ2) is 4.42. The number of aromatic nitrogens is 2. The van der Waals surface area contributed by atoms with Crippen LogP contribution in [-0.2, 0) is 23.0 Å². The minimum atomic E-state index is -3.37. The van der Waals surface area contributed by atoms with Gasteiger partial charge in [-0.1, -0.05) is 6.07 Å². The monoisotopic (exact) mass is 281 g/mol. The number of thiophene rings is 1. The summed E-state index contributed by atoms with van der Waals surface area (Å²) in [5.41, 5.74) is 1.84. The zero-order valence-corrected chi connectivity index (χ0v) is 11.1. The van der Waals surface area contributed by atoms with Gasteiger partial charge in [-0.15, -0.1) is 11.3 Å². The summed E-state index contributed by atoms with van der Waals surface area (Å²) in [5.74, 6) is 0. The van der Waals surface area contributed by atoms with Crippen molar-refractivity contribution < 1.29 is 8.42 Å². The summed E-state index contributed by atoms with van der Waals surface area (Å²) in [4.78, 5) is 8.12. The molecule has 0 bridgehead atoms. The molecule has 0 atom stereocenters. The van der Waals surface area contributed by atoms with Gasteiger partial charge in [0.25, 0.3) is 10.0 Å². The average molecular weight is 281 g/mol. The molecular weight excluding hydrogens is 270 g/mol. The van der Waals surface area contributed by atoms with Gasteiger partial charge >= 0.3 is 0 Å². The van der Waals surface area contributed by atoms with Crippen molar-refractivity contribution in [3.63, 3.8) is 0 Å². The third kappa shape index (κ3) is 1.94. The molecule has 2 aromatic rings. The van der Waals surface area contributed by atoms with Crippen LogP contribution in [0.15, 0.2) is 34.2 Å². The fourth-order valence-corrected chi connectivity index (χ4v) is 4.55. The van der Waals surface area contributed by atoms with Crippen molar-refractivity contribution in [2.24, 2.45) is 0 Å². The van der Waals surface area contributed by atoms with E-state index in [-0.39, 0.29) is 0 Å². The van der Waals surface area contributed by atoms with Gasteiger partial charge in [0.05, 0.1) is 0 Å². The second-order valence-corrected chi connectivity index (χ2v) is 7.13. The van der Waals surface area contributed by atoms with Gasteiger partial charge in [-0.05, 0) is 11.4 Å². The molecule has 18 heavy (non-hydrogen) atoms. The Morgan fingerprint density at radius 3 is 3.06 bits per heavy atom. The predicted molar refractivity (Wildman–Crippen MR) is 67.7 cm³/mol. The Morgan fingerprint density at radius 2 is 2.28 bits per heavy atom. The first-order valence-corrected chi connectivity index (χ1v) is 7.81. The highest BCUT2D eigenvalue weighted by molar-refractivity contribution is 7.91. The van der Waals surface area contributed by atoms with E-state index in [1.54, 1.807) is 23.7 Å². The molecule has 3 heterocycles. The number of sulfonamides is 1. The number of hydrogen-bond donors (Lipinski definition) is 0. The van der Waals surface area contributed by atoms with E-state index >= 15 is 0 Å². The van der Waals surface area contributed by atoms with Gasteiger partial charge in [-0.25, -0.2) is 18.4 Å². The lowest BCUT2D eigenvalue weighted by atomic mass is 10.1. The first kappa shape index (κ1) is 11.8. The van der Waals surface area contributed by atoms with E-state index in [4.69, 9.17) is 0 Å². The fraction of sp³-hybridized carbons (Fsp3) is 0.273. The largest absolute Gasteiger partial charge is 0.252 e. The van der Waals surface area contributed by atoms with E-state index < -0.39 is 10.0 Å². The Balaban J connectivity index is 1.93. The molecule has 0 aliphatic carbocycles. The Labute approximate surface area is 109 Å². The minimum absolute atomic E-state index is 0.358. The molecule has 0 fully saturated rings. The van der Waals surface area contributed by atoms with Crippen molar-refractivity contribution >= 4 is 21.4 Å². The van der Waals surface area contributed by atoms with Crippen molar-refractivity contribution in [3.8, 4) is 0 Å². The van der Waals surface area contributed by atoms with Crippen LogP contribution in [0.5, 0.6) is 0 Å². The molecule has 0 aromatic carbocycles. The van der Waals surface area contributed by atoms with Crippen LogP contribution in [0.1, 0.15) is 11.3 Å². The molecule has 5 nitrogen and oxygen atoms in total. The summed E-state index contributed by atoms with van der Waals surface area (Å²) in [6, 6.07) is 3.38. The minimum Gasteiger partial charge on any atom is -0.244 e. The summed E-state index contributed by atoms with van der Waals surface area (Å²) < 4.78 is 26.6. The van der Waals surface area contributed by atoms with Crippen LogP contribution in [0.2, 0.25) is 0 Å². The highest BCUT2D eigenvalue weighted by Crippen LogP contribution is 2.25. The quantitative estimate of drug-likeness (QED) is 0.832. The van der Waals surface area contributed by atoms with Crippen LogP contribution in [0, 0.1) is 0 Å². The summed E-state index contributed by atoms with van der Waals surface area (Å²) in [6.07, 6.45) is 3.84. The van der Waals surface area contributed by atoms with Crippen molar-refractivity contribution in [1.29, 1.82) is 0 Å². The molecule has 7 heteroatoms. The summed E-state index contributed by atoms with van der Waals surface area (Å²) in [6.45, 7) is 0.834. The Morgan fingerprint density at radius 1 is 1.39 bits per heavy atom. The lowest BCUT2D eigenvalue weighted by Gasteiger charge is -2.26. The summed E-state index contributed by atoms with van der Waals surface area (Å²) in [5, 5.41) is 1.77. The average Bonchev–Trinajstić information content (AvgIpc) is 2.92. The van der Waals surface area contributed by atoms with Gasteiger partial charge in [0.15, 0.2) is 0 Å². The molecule has 0 saturated carbocycles. The maximum Gasteiger partial charge on any atom is 0.252 e. The molecule has 3 rings (SSSR count). The summed E-state index contributed by atoms with van der Waals surface area (Å²) >= 11 is 1.24. The molecule has 0 radical (unpaired) electrons. The maximum atomic E-state index is 12.4. The highest BCUT2D eigenvalue weighted by atomic mass is 32.2. The number of fused-ring (bicyclic) bond motifs is 1. The molecule has 0 unspecified atom stereocenters. The molecule has 94 valence electrons. The SMILES string of the molecule is O=S(=O)(c1cccs1)N1CCc2ncncc2C1. The highest BCUT2D eigenvalue weighted by Gasteiger charge is 2.29. The molecule has 1 aliphatic heterocycles. The maximum absolute atomic E-state index is 12.4. The van der Waals surface area contributed by atoms with E-state index in [1.165, 1.54) is 22.0 Å². The van der Waals surface area contributed by atoms with Crippen LogP contribution in [0.4, 0.5) is 0 Å². The first-order valence-electron chi connectivity index (χ1n) is 5.49. The molecule has 1 aliphatic rings. The fourth-order valence-electron chi connectivity index (χ4n) is 1.98. The molecule has 0 N–H and O–H groups in total. The van der Waals surface area contributed by atoms with Gasteiger partial charge in [0.1, 0.15) is 10.5 Å². The topological polar surface area (TPSA) is 63.2 Å². The molecule has 2 aromatic heterocycles. The normalized spacial score (nSPS) is 16.4. The van der Waals surface area contributed by atoms with E-state index in [1.807, 2.05) is 0 Å². The molecule has 0 amide bonds. The Bertz CT molecular complexity index is 653. The third-order valence-electron chi connectivity index (χ3n) is 2.92. The lowest BCUT2D eigenvalue weighted by Crippen LogP contribution is -2.36. The summed E-state index contributed by atoms with van der Waals surface area (Å²) in [7, 11) is -3.37. The zero-order chi connectivity index (χ0) is 12.6. The van der Waals surface area contributed by atoms with Crippen LogP contribution < -0.4 is 0 Å². The van der Waals surface area contributed by atoms with Gasteiger partial charge in [0.2, 0.25) is 0 Å². The van der Waals surface area contributed by atoms with Crippen LogP contribution >= 0.6 is 11.3 Å². The number of nitrogens with zero attached hydrogens (tertiary/aromatic N) is 3. The van der Waals surface area contributed by atoms with E-state index in [0.29, 0.717) is 23.7 Å².